The third-order valence-corrected chi connectivity index (χ3v) is 11.5. The lowest BCUT2D eigenvalue weighted by molar-refractivity contribution is 0.409. The molecule has 2 aromatic heterocycles. The van der Waals surface area contributed by atoms with E-state index in [2.05, 4.69) is 208 Å². The van der Waals surface area contributed by atoms with Gasteiger partial charge in [0.15, 0.2) is 0 Å². The van der Waals surface area contributed by atoms with Gasteiger partial charge in [-0.25, -0.2) is 4.99 Å². The van der Waals surface area contributed by atoms with E-state index in [0.717, 1.165) is 35.5 Å². The van der Waals surface area contributed by atoms with E-state index in [1.54, 1.807) is 0 Å². The molecule has 2 atom stereocenters. The Morgan fingerprint density at radius 2 is 1.12 bits per heavy atom. The van der Waals surface area contributed by atoms with Crippen molar-refractivity contribution >= 4 is 50.2 Å². The number of rotatable bonds is 6. The summed E-state index contributed by atoms with van der Waals surface area (Å²) in [5, 5.41) is 11.3. The summed E-state index contributed by atoms with van der Waals surface area (Å²) >= 11 is 0. The highest BCUT2D eigenvalue weighted by molar-refractivity contribution is 6.10. The lowest BCUT2D eigenvalue weighted by Gasteiger charge is -2.32. The fraction of sp³-hybridized carbons (Fsp3) is 0.0784. The Bertz CT molecular complexity index is 2970. The summed E-state index contributed by atoms with van der Waals surface area (Å²) in [5.74, 6) is 0.873. The SMILES string of the molecule is C1=C(c2ccc3c(c2)c2ccccc2n3-c2ccccc2)CCc2c1n(-c1cccc(C3=NC(c4ccccc4)NC(c4ccccc4)N3)c1)c1ccccc21. The van der Waals surface area contributed by atoms with Crippen LogP contribution in [0.2, 0.25) is 0 Å². The van der Waals surface area contributed by atoms with Crippen molar-refractivity contribution < 1.29 is 0 Å². The second-order valence-corrected chi connectivity index (χ2v) is 14.8. The van der Waals surface area contributed by atoms with Crippen molar-refractivity contribution in [2.24, 2.45) is 4.99 Å². The number of hydrogen-bond acceptors (Lipinski definition) is 3. The zero-order valence-electron chi connectivity index (χ0n) is 30.8. The Labute approximate surface area is 325 Å². The first-order valence-corrected chi connectivity index (χ1v) is 19.5. The highest BCUT2D eigenvalue weighted by Crippen LogP contribution is 2.41. The number of nitrogens with one attached hydrogen (secondary N) is 2. The van der Waals surface area contributed by atoms with Gasteiger partial charge in [-0.2, -0.15) is 0 Å². The Morgan fingerprint density at radius 1 is 0.482 bits per heavy atom. The van der Waals surface area contributed by atoms with Crippen molar-refractivity contribution in [1.82, 2.24) is 19.8 Å². The van der Waals surface area contributed by atoms with Crippen LogP contribution in [0.1, 0.15) is 52.3 Å². The molecule has 0 bridgehead atoms. The standard InChI is InChI=1S/C51H39N5/c1-4-15-34(16-5-1)49-52-50(35-17-6-2-7-18-35)54-51(53-49)38-19-14-22-40(31-38)56-45-25-12-10-23-41(45)43-29-27-37(33-48(43)56)36-28-30-47-44(32-36)42-24-11-13-26-46(42)55(47)39-20-8-3-9-21-39/h1-26,28,30-33,49-50,52H,27,29H2,(H,53,54). The zero-order chi connectivity index (χ0) is 37.0. The van der Waals surface area contributed by atoms with E-state index in [9.17, 15) is 0 Å². The number of aliphatic imine (C=N–C) groups is 1. The molecule has 7 aromatic carbocycles. The molecule has 9 aromatic rings. The maximum Gasteiger partial charge on any atom is 0.131 e. The van der Waals surface area contributed by atoms with Crippen molar-refractivity contribution in [3.05, 3.63) is 216 Å². The number of aryl methyl sites for hydroxylation is 1. The van der Waals surface area contributed by atoms with Crippen LogP contribution in [0, 0.1) is 0 Å². The Morgan fingerprint density at radius 3 is 1.91 bits per heavy atom. The molecule has 0 fully saturated rings. The average molecular weight is 722 g/mol. The van der Waals surface area contributed by atoms with Crippen molar-refractivity contribution in [3.8, 4) is 11.4 Å². The predicted octanol–water partition coefficient (Wildman–Crippen LogP) is 11.6. The third kappa shape index (κ3) is 5.47. The van der Waals surface area contributed by atoms with Crippen molar-refractivity contribution in [2.75, 3.05) is 0 Å². The summed E-state index contributed by atoms with van der Waals surface area (Å²) in [6.07, 6.45) is 4.13. The first kappa shape index (κ1) is 32.5. The fourth-order valence-electron chi connectivity index (χ4n) is 8.89. The molecule has 11 rings (SSSR count). The largest absolute Gasteiger partial charge is 0.350 e. The summed E-state index contributed by atoms with van der Waals surface area (Å²) in [6, 6.07) is 65.3. The van der Waals surface area contributed by atoms with E-state index in [1.165, 1.54) is 66.4 Å². The summed E-state index contributed by atoms with van der Waals surface area (Å²) < 4.78 is 4.84. The van der Waals surface area contributed by atoms with Gasteiger partial charge in [-0.3, -0.25) is 5.32 Å². The molecule has 5 heteroatoms. The number of fused-ring (bicyclic) bond motifs is 6. The van der Waals surface area contributed by atoms with E-state index in [1.807, 2.05) is 0 Å². The molecule has 1 aliphatic carbocycles. The predicted molar refractivity (Wildman–Crippen MR) is 231 cm³/mol. The van der Waals surface area contributed by atoms with Gasteiger partial charge in [0.25, 0.3) is 0 Å². The van der Waals surface area contributed by atoms with Crippen molar-refractivity contribution in [1.29, 1.82) is 0 Å². The molecule has 5 nitrogen and oxygen atoms in total. The lowest BCUT2D eigenvalue weighted by Crippen LogP contribution is -2.44. The van der Waals surface area contributed by atoms with Crippen LogP contribution >= 0.6 is 0 Å². The highest BCUT2D eigenvalue weighted by atomic mass is 15.3. The van der Waals surface area contributed by atoms with Crippen LogP contribution in [0.4, 0.5) is 0 Å². The molecular weight excluding hydrogens is 683 g/mol. The number of nitrogens with zero attached hydrogens (tertiary/aromatic N) is 3. The molecule has 0 radical (unpaired) electrons. The van der Waals surface area contributed by atoms with Gasteiger partial charge in [-0.15, -0.1) is 0 Å². The van der Waals surface area contributed by atoms with E-state index in [-0.39, 0.29) is 12.3 Å². The molecule has 1 aliphatic heterocycles. The van der Waals surface area contributed by atoms with Crippen LogP contribution in [-0.4, -0.2) is 15.0 Å². The quantitative estimate of drug-likeness (QED) is 0.180. The van der Waals surface area contributed by atoms with E-state index >= 15 is 0 Å². The van der Waals surface area contributed by atoms with Gasteiger partial charge >= 0.3 is 0 Å². The maximum atomic E-state index is 5.26. The number of benzene rings is 7. The fourth-order valence-corrected chi connectivity index (χ4v) is 8.89. The molecule has 56 heavy (non-hydrogen) atoms. The van der Waals surface area contributed by atoms with Gasteiger partial charge in [0, 0.05) is 33.1 Å². The third-order valence-electron chi connectivity index (χ3n) is 11.5. The smallest absolute Gasteiger partial charge is 0.131 e. The molecule has 0 spiro atoms. The van der Waals surface area contributed by atoms with Crippen LogP contribution in [0.15, 0.2) is 187 Å². The Balaban J connectivity index is 1.03. The first-order chi connectivity index (χ1) is 27.8. The minimum absolute atomic E-state index is 0.0951. The van der Waals surface area contributed by atoms with Gasteiger partial charge in [-0.05, 0) is 95.3 Å². The van der Waals surface area contributed by atoms with Gasteiger partial charge < -0.3 is 14.5 Å². The first-order valence-electron chi connectivity index (χ1n) is 19.5. The summed E-state index contributed by atoms with van der Waals surface area (Å²) in [5.41, 5.74) is 14.6. The van der Waals surface area contributed by atoms with Crippen LogP contribution in [0.3, 0.4) is 0 Å². The second kappa shape index (κ2) is 13.4. The second-order valence-electron chi connectivity index (χ2n) is 14.8. The minimum atomic E-state index is -0.189. The molecule has 0 saturated heterocycles. The highest BCUT2D eigenvalue weighted by Gasteiger charge is 2.27. The molecule has 2 aliphatic rings. The van der Waals surface area contributed by atoms with Crippen LogP contribution in [-0.2, 0) is 6.42 Å². The van der Waals surface area contributed by atoms with Crippen LogP contribution in [0.5, 0.6) is 0 Å². The Hall–Kier alpha value is -6.95. The number of para-hydroxylation sites is 3. The molecule has 0 amide bonds. The number of hydrogen-bond donors (Lipinski definition) is 2. The van der Waals surface area contributed by atoms with E-state index < -0.39 is 0 Å². The molecule has 2 N–H and O–H groups in total. The van der Waals surface area contributed by atoms with Crippen LogP contribution in [0.25, 0.3) is 55.7 Å². The summed E-state index contributed by atoms with van der Waals surface area (Å²) in [6.45, 7) is 0. The number of aromatic nitrogens is 2. The lowest BCUT2D eigenvalue weighted by atomic mass is 9.90. The van der Waals surface area contributed by atoms with Gasteiger partial charge in [0.1, 0.15) is 18.2 Å². The monoisotopic (exact) mass is 721 g/mol. The van der Waals surface area contributed by atoms with Gasteiger partial charge in [0.05, 0.1) is 22.2 Å². The zero-order valence-corrected chi connectivity index (χ0v) is 30.8. The molecule has 0 saturated carbocycles. The summed E-state index contributed by atoms with van der Waals surface area (Å²) in [4.78, 5) is 5.26. The number of amidine groups is 1. The van der Waals surface area contributed by atoms with E-state index in [4.69, 9.17) is 4.99 Å². The Kier molecular flexibility index (Phi) is 7.78. The van der Waals surface area contributed by atoms with Crippen molar-refractivity contribution in [2.45, 2.75) is 25.2 Å². The van der Waals surface area contributed by atoms with Gasteiger partial charge in [0.2, 0.25) is 0 Å². The van der Waals surface area contributed by atoms with E-state index in [0.29, 0.717) is 0 Å². The topological polar surface area (TPSA) is 46.3 Å². The van der Waals surface area contributed by atoms with Gasteiger partial charge in [-0.1, -0.05) is 133 Å². The van der Waals surface area contributed by atoms with Crippen molar-refractivity contribution in [3.63, 3.8) is 0 Å². The molecular formula is C51H39N5. The maximum absolute atomic E-state index is 5.26. The van der Waals surface area contributed by atoms with Crippen LogP contribution < -0.4 is 10.6 Å². The number of allylic oxidation sites excluding steroid dienone is 1. The summed E-state index contributed by atoms with van der Waals surface area (Å²) in [7, 11) is 0. The molecule has 268 valence electrons. The minimum Gasteiger partial charge on any atom is -0.350 e. The molecule has 2 unspecified atom stereocenters. The average Bonchev–Trinajstić information content (AvgIpc) is 3.79. The normalized spacial score (nSPS) is 16.7. The molecule has 3 heterocycles.